The van der Waals surface area contributed by atoms with Crippen molar-refractivity contribution >= 4 is 11.6 Å². The van der Waals surface area contributed by atoms with Crippen LogP contribution in [0.2, 0.25) is 0 Å². The molecular formula is C23H34F2N4O2. The quantitative estimate of drug-likeness (QED) is 0.527. The molecule has 2 saturated heterocycles. The fraction of sp³-hybridized carbons (Fsp3) is 0.696. The minimum absolute atomic E-state index is 0.0952. The van der Waals surface area contributed by atoms with Gasteiger partial charge in [-0.15, -0.1) is 0 Å². The molecule has 1 aliphatic carbocycles. The van der Waals surface area contributed by atoms with Crippen LogP contribution in [0.15, 0.2) is 29.3 Å². The van der Waals surface area contributed by atoms with Crippen LogP contribution in [-0.4, -0.2) is 57.0 Å². The number of rotatable bonds is 6. The third-order valence-corrected chi connectivity index (χ3v) is 6.90. The van der Waals surface area contributed by atoms with Gasteiger partial charge in [0.25, 0.3) is 0 Å². The zero-order chi connectivity index (χ0) is 22.0. The van der Waals surface area contributed by atoms with Crippen LogP contribution in [0.3, 0.4) is 0 Å². The Morgan fingerprint density at radius 1 is 1.26 bits per heavy atom. The van der Waals surface area contributed by atoms with E-state index in [1.807, 2.05) is 19.1 Å². The van der Waals surface area contributed by atoms with Crippen LogP contribution in [0.25, 0.3) is 0 Å². The molecule has 0 radical (unpaired) electrons. The van der Waals surface area contributed by atoms with Gasteiger partial charge < -0.3 is 25.0 Å². The van der Waals surface area contributed by atoms with Gasteiger partial charge in [-0.25, -0.2) is 0 Å². The van der Waals surface area contributed by atoms with Crippen molar-refractivity contribution in [3.63, 3.8) is 0 Å². The molecule has 6 nitrogen and oxygen atoms in total. The number of benzene rings is 1. The molecule has 31 heavy (non-hydrogen) atoms. The molecule has 0 aromatic heterocycles. The second kappa shape index (κ2) is 9.18. The van der Waals surface area contributed by atoms with Crippen LogP contribution in [-0.2, 0) is 4.74 Å². The molecule has 0 spiro atoms. The number of piperidine rings is 1. The van der Waals surface area contributed by atoms with Crippen molar-refractivity contribution in [3.8, 4) is 5.75 Å². The maximum Gasteiger partial charge on any atom is 0.387 e. The van der Waals surface area contributed by atoms with E-state index in [4.69, 9.17) is 9.73 Å². The minimum Gasteiger partial charge on any atom is -0.435 e. The number of aliphatic imine (C=N–C) groups is 1. The number of alkyl halides is 2. The Kier molecular flexibility index (Phi) is 6.55. The summed E-state index contributed by atoms with van der Waals surface area (Å²) in [6, 6.07) is 7.51. The van der Waals surface area contributed by atoms with Gasteiger partial charge in [-0.2, -0.15) is 8.78 Å². The maximum absolute atomic E-state index is 12.4. The number of nitrogens with zero attached hydrogens (tertiary/aromatic N) is 2. The number of guanidine groups is 1. The Morgan fingerprint density at radius 3 is 2.74 bits per heavy atom. The van der Waals surface area contributed by atoms with Gasteiger partial charge in [0.1, 0.15) is 5.75 Å². The number of fused-ring (bicyclic) bond motifs is 1. The third-order valence-electron chi connectivity index (χ3n) is 6.90. The van der Waals surface area contributed by atoms with Crippen molar-refractivity contribution in [2.24, 2.45) is 16.3 Å². The lowest BCUT2D eigenvalue weighted by Crippen LogP contribution is -2.68. The summed E-state index contributed by atoms with van der Waals surface area (Å²) in [7, 11) is 0. The fourth-order valence-corrected chi connectivity index (χ4v) is 5.42. The zero-order valence-corrected chi connectivity index (χ0v) is 18.6. The van der Waals surface area contributed by atoms with E-state index in [2.05, 4.69) is 34.1 Å². The van der Waals surface area contributed by atoms with Crippen LogP contribution in [0.1, 0.15) is 40.0 Å². The van der Waals surface area contributed by atoms with Gasteiger partial charge in [-0.3, -0.25) is 4.99 Å². The molecule has 1 aromatic carbocycles. The molecule has 1 saturated carbocycles. The molecule has 172 valence electrons. The first-order chi connectivity index (χ1) is 14.9. The van der Waals surface area contributed by atoms with Crippen molar-refractivity contribution in [3.05, 3.63) is 24.3 Å². The second-order valence-corrected chi connectivity index (χ2v) is 9.31. The zero-order valence-electron chi connectivity index (χ0n) is 18.6. The summed E-state index contributed by atoms with van der Waals surface area (Å²) in [5.74, 6) is 1.61. The Morgan fingerprint density at radius 2 is 2.03 bits per heavy atom. The van der Waals surface area contributed by atoms with Gasteiger partial charge in [0.15, 0.2) is 5.96 Å². The van der Waals surface area contributed by atoms with Crippen molar-refractivity contribution in [1.82, 2.24) is 10.6 Å². The van der Waals surface area contributed by atoms with E-state index in [0.717, 1.165) is 57.2 Å². The fourth-order valence-electron chi connectivity index (χ4n) is 5.42. The Bertz CT molecular complexity index is 771. The van der Waals surface area contributed by atoms with Gasteiger partial charge in [-0.1, -0.05) is 13.8 Å². The molecule has 2 aliphatic heterocycles. The number of hydrogen-bond donors (Lipinski definition) is 2. The average Bonchev–Trinajstić information content (AvgIpc) is 3.20. The smallest absolute Gasteiger partial charge is 0.387 e. The van der Waals surface area contributed by atoms with E-state index in [1.54, 1.807) is 12.1 Å². The second-order valence-electron chi connectivity index (χ2n) is 9.31. The van der Waals surface area contributed by atoms with Crippen molar-refractivity contribution in [1.29, 1.82) is 0 Å². The molecule has 4 atom stereocenters. The van der Waals surface area contributed by atoms with E-state index in [0.29, 0.717) is 18.1 Å². The highest BCUT2D eigenvalue weighted by molar-refractivity contribution is 5.81. The molecule has 2 heterocycles. The highest BCUT2D eigenvalue weighted by Gasteiger charge is 2.59. The van der Waals surface area contributed by atoms with Crippen LogP contribution in [0.4, 0.5) is 14.5 Å². The average molecular weight is 437 g/mol. The van der Waals surface area contributed by atoms with Gasteiger partial charge in [-0.05, 0) is 50.5 Å². The first-order valence-corrected chi connectivity index (χ1v) is 11.4. The lowest BCUT2D eigenvalue weighted by Gasteiger charge is -2.55. The SMILES string of the molecule is CCN=C(NC1CCCN(c2ccc(OC(F)F)cc2)C1)NC1C2CCOC2C1(C)C. The highest BCUT2D eigenvalue weighted by Crippen LogP contribution is 2.52. The first-order valence-electron chi connectivity index (χ1n) is 11.4. The molecule has 1 aromatic rings. The molecule has 2 N–H and O–H groups in total. The molecule has 8 heteroatoms. The van der Waals surface area contributed by atoms with E-state index in [9.17, 15) is 8.78 Å². The van der Waals surface area contributed by atoms with Gasteiger partial charge in [0.05, 0.1) is 6.10 Å². The lowest BCUT2D eigenvalue weighted by atomic mass is 9.57. The number of ether oxygens (including phenoxy) is 2. The van der Waals surface area contributed by atoms with Crippen molar-refractivity contribution < 1.29 is 18.3 Å². The lowest BCUT2D eigenvalue weighted by molar-refractivity contribution is -0.106. The summed E-state index contributed by atoms with van der Waals surface area (Å²) in [4.78, 5) is 6.99. The Labute approximate surface area is 183 Å². The molecule has 4 rings (SSSR count). The molecule has 0 bridgehead atoms. The molecule has 4 unspecified atom stereocenters. The number of anilines is 1. The number of halogens is 2. The predicted molar refractivity (Wildman–Crippen MR) is 118 cm³/mol. The van der Waals surface area contributed by atoms with E-state index in [-0.39, 0.29) is 17.2 Å². The normalized spacial score (nSPS) is 30.0. The van der Waals surface area contributed by atoms with Gasteiger partial charge in [0.2, 0.25) is 0 Å². The largest absolute Gasteiger partial charge is 0.435 e. The molecular weight excluding hydrogens is 402 g/mol. The van der Waals surface area contributed by atoms with E-state index in [1.165, 1.54) is 0 Å². The number of hydrogen-bond acceptors (Lipinski definition) is 4. The van der Waals surface area contributed by atoms with Gasteiger partial charge >= 0.3 is 6.61 Å². The van der Waals surface area contributed by atoms with Crippen LogP contribution >= 0.6 is 0 Å². The molecule has 3 fully saturated rings. The summed E-state index contributed by atoms with van der Waals surface area (Å²) < 4.78 is 35.2. The van der Waals surface area contributed by atoms with Gasteiger partial charge in [0, 0.05) is 55.3 Å². The van der Waals surface area contributed by atoms with Crippen LogP contribution in [0, 0.1) is 11.3 Å². The standard InChI is InChI=1S/C23H34F2N4O2/c1-4-26-22(28-19-18-11-13-30-20(18)23(19,2)3)27-15-6-5-12-29(14-15)16-7-9-17(10-8-16)31-21(24)25/h7-10,15,18-21H,4-6,11-14H2,1-3H3,(H2,26,27,28). The van der Waals surface area contributed by atoms with E-state index >= 15 is 0 Å². The summed E-state index contributed by atoms with van der Waals surface area (Å²) in [6.45, 7) is 7.13. The van der Waals surface area contributed by atoms with Crippen molar-refractivity contribution in [2.75, 3.05) is 31.1 Å². The number of nitrogens with one attached hydrogen (secondary N) is 2. The summed E-state index contributed by atoms with van der Waals surface area (Å²) in [5, 5.41) is 7.34. The molecule has 0 amide bonds. The van der Waals surface area contributed by atoms with Crippen LogP contribution < -0.4 is 20.3 Å². The monoisotopic (exact) mass is 436 g/mol. The Balaban J connectivity index is 1.36. The van der Waals surface area contributed by atoms with Crippen molar-refractivity contribution in [2.45, 2.75) is 64.8 Å². The predicted octanol–water partition coefficient (Wildman–Crippen LogP) is 3.63. The first kappa shape index (κ1) is 22.1. The van der Waals surface area contributed by atoms with Crippen LogP contribution in [0.5, 0.6) is 5.75 Å². The minimum atomic E-state index is -2.80. The topological polar surface area (TPSA) is 58.1 Å². The third kappa shape index (κ3) is 4.73. The molecule has 3 aliphatic rings. The maximum atomic E-state index is 12.4. The summed E-state index contributed by atoms with van der Waals surface area (Å²) >= 11 is 0. The van der Waals surface area contributed by atoms with E-state index < -0.39 is 6.61 Å². The highest BCUT2D eigenvalue weighted by atomic mass is 19.3. The summed E-state index contributed by atoms with van der Waals surface area (Å²) in [5.41, 5.74) is 1.11. The summed E-state index contributed by atoms with van der Waals surface area (Å²) in [6.07, 6.45) is 3.57. The Hall–Kier alpha value is -2.09.